The summed E-state index contributed by atoms with van der Waals surface area (Å²) in [4.78, 5) is 0. The zero-order valence-electron chi connectivity index (χ0n) is 13.1. The van der Waals surface area contributed by atoms with Crippen LogP contribution in [-0.4, -0.2) is 40.4 Å². The molecule has 0 aromatic carbocycles. The monoisotopic (exact) mass is 368 g/mol. The molecular formula is C13H32Ge2O2. The van der Waals surface area contributed by atoms with E-state index >= 15 is 0 Å². The molecule has 4 heteroatoms. The van der Waals surface area contributed by atoms with E-state index in [4.69, 9.17) is 7.53 Å². The van der Waals surface area contributed by atoms with Crippen molar-refractivity contribution in [3.05, 3.63) is 0 Å². The fourth-order valence-electron chi connectivity index (χ4n) is 1.39. The fraction of sp³-hybridized carbons (Fsp3) is 1.00. The molecule has 0 unspecified atom stereocenters. The third-order valence-corrected chi connectivity index (χ3v) is 7.12. The van der Waals surface area contributed by atoms with E-state index in [0.717, 1.165) is 26.1 Å². The van der Waals surface area contributed by atoms with Crippen LogP contribution in [0, 0.1) is 5.41 Å². The van der Waals surface area contributed by atoms with Gasteiger partial charge in [-0.05, 0) is 0 Å². The maximum atomic E-state index is 5.97. The van der Waals surface area contributed by atoms with E-state index in [1.807, 2.05) is 0 Å². The molecule has 104 valence electrons. The fourth-order valence-corrected chi connectivity index (χ4v) is 4.39. The molecule has 2 nitrogen and oxygen atoms in total. The van der Waals surface area contributed by atoms with Gasteiger partial charge in [0.05, 0.1) is 0 Å². The first-order chi connectivity index (χ1) is 7.41. The van der Waals surface area contributed by atoms with Gasteiger partial charge in [0.1, 0.15) is 0 Å². The van der Waals surface area contributed by atoms with Crippen molar-refractivity contribution in [3.63, 3.8) is 0 Å². The first kappa shape index (κ1) is 18.0. The third kappa shape index (κ3) is 13.2. The third-order valence-electron chi connectivity index (χ3n) is 2.63. The van der Waals surface area contributed by atoms with E-state index in [1.165, 1.54) is 0 Å². The summed E-state index contributed by atoms with van der Waals surface area (Å²) in [5, 5.41) is 0. The zero-order chi connectivity index (χ0) is 13.7. The Morgan fingerprint density at radius 3 is 1.24 bits per heavy atom. The molecule has 0 rings (SSSR count). The van der Waals surface area contributed by atoms with Crippen molar-refractivity contribution >= 4 is 27.2 Å². The molecule has 0 bridgehead atoms. The van der Waals surface area contributed by atoms with Gasteiger partial charge in [-0.2, -0.15) is 0 Å². The van der Waals surface area contributed by atoms with Gasteiger partial charge < -0.3 is 0 Å². The summed E-state index contributed by atoms with van der Waals surface area (Å²) in [5.74, 6) is 13.8. The van der Waals surface area contributed by atoms with Crippen LogP contribution in [-0.2, 0) is 7.53 Å². The molecule has 0 atom stereocenters. The SMILES string of the molecule is CC(C)(CC[O][Ge]([CH3])([CH3])[CH3])CC[O][Ge]([CH3])([CH3])[CH3]. The van der Waals surface area contributed by atoms with Crippen molar-refractivity contribution in [2.24, 2.45) is 5.41 Å². The van der Waals surface area contributed by atoms with Crippen molar-refractivity contribution in [2.45, 2.75) is 61.2 Å². The Morgan fingerprint density at radius 2 is 1.00 bits per heavy atom. The summed E-state index contributed by atoms with van der Waals surface area (Å²) in [5.41, 5.74) is 0.348. The van der Waals surface area contributed by atoms with Crippen LogP contribution in [0.4, 0.5) is 0 Å². The molecule has 0 aromatic rings. The van der Waals surface area contributed by atoms with Gasteiger partial charge in [-0.1, -0.05) is 0 Å². The van der Waals surface area contributed by atoms with E-state index < -0.39 is 27.2 Å². The molecule has 0 amide bonds. The second-order valence-electron chi connectivity index (χ2n) is 7.59. The van der Waals surface area contributed by atoms with Gasteiger partial charge in [-0.25, -0.2) is 0 Å². The molecule has 0 aliphatic heterocycles. The molecule has 0 aromatic heterocycles. The quantitative estimate of drug-likeness (QED) is 0.590. The Hall–Kier alpha value is 1.01. The van der Waals surface area contributed by atoms with Gasteiger partial charge in [0, 0.05) is 0 Å². The number of hydrogen-bond acceptors (Lipinski definition) is 2. The Kier molecular flexibility index (Phi) is 7.38. The normalized spacial score (nSPS) is 14.1. The summed E-state index contributed by atoms with van der Waals surface area (Å²) in [6, 6.07) is 0. The molecule has 0 saturated heterocycles. The minimum atomic E-state index is -1.80. The Balaban J connectivity index is 3.81. The van der Waals surface area contributed by atoms with Gasteiger partial charge in [0.15, 0.2) is 0 Å². The van der Waals surface area contributed by atoms with Crippen molar-refractivity contribution in [1.29, 1.82) is 0 Å². The van der Waals surface area contributed by atoms with Crippen LogP contribution in [0.15, 0.2) is 0 Å². The van der Waals surface area contributed by atoms with Crippen molar-refractivity contribution in [1.82, 2.24) is 0 Å². The summed E-state index contributed by atoms with van der Waals surface area (Å²) in [6.45, 7) is 6.50. The summed E-state index contributed by atoms with van der Waals surface area (Å²) in [6.07, 6.45) is 2.30. The van der Waals surface area contributed by atoms with Crippen LogP contribution in [0.3, 0.4) is 0 Å². The van der Waals surface area contributed by atoms with Gasteiger partial charge in [-0.15, -0.1) is 0 Å². The molecule has 0 aliphatic rings. The minimum absolute atomic E-state index is 0.348. The zero-order valence-corrected chi connectivity index (χ0v) is 17.3. The molecule has 17 heavy (non-hydrogen) atoms. The van der Waals surface area contributed by atoms with Crippen molar-refractivity contribution in [2.75, 3.05) is 13.2 Å². The van der Waals surface area contributed by atoms with E-state index in [1.54, 1.807) is 0 Å². The van der Waals surface area contributed by atoms with Crippen LogP contribution in [0.2, 0.25) is 34.5 Å². The summed E-state index contributed by atoms with van der Waals surface area (Å²) in [7, 11) is 0. The first-order valence-corrected chi connectivity index (χ1v) is 21.0. The Labute approximate surface area is 114 Å². The van der Waals surface area contributed by atoms with Crippen LogP contribution in [0.5, 0.6) is 0 Å². The molecular weight excluding hydrogens is 333 g/mol. The van der Waals surface area contributed by atoms with Gasteiger partial charge in [0.2, 0.25) is 0 Å². The molecule has 0 heterocycles. The van der Waals surface area contributed by atoms with Crippen LogP contribution in [0.25, 0.3) is 0 Å². The van der Waals surface area contributed by atoms with Crippen molar-refractivity contribution in [3.8, 4) is 0 Å². The number of rotatable bonds is 8. The van der Waals surface area contributed by atoms with Crippen LogP contribution in [0.1, 0.15) is 26.7 Å². The molecule has 0 radical (unpaired) electrons. The average Bonchev–Trinajstić information content (AvgIpc) is 1.96. The Morgan fingerprint density at radius 1 is 0.706 bits per heavy atom. The van der Waals surface area contributed by atoms with Crippen LogP contribution < -0.4 is 0 Å². The van der Waals surface area contributed by atoms with Crippen molar-refractivity contribution < 1.29 is 7.53 Å². The van der Waals surface area contributed by atoms with E-state index in [-0.39, 0.29) is 0 Å². The predicted molar refractivity (Wildman–Crippen MR) is 81.6 cm³/mol. The average molecular weight is 366 g/mol. The van der Waals surface area contributed by atoms with Gasteiger partial charge in [0.25, 0.3) is 0 Å². The molecule has 0 saturated carbocycles. The molecule has 0 fully saturated rings. The molecule has 0 aliphatic carbocycles. The van der Waals surface area contributed by atoms with E-state index in [9.17, 15) is 0 Å². The van der Waals surface area contributed by atoms with Gasteiger partial charge >= 0.3 is 115 Å². The predicted octanol–water partition coefficient (Wildman–Crippen LogP) is 4.50. The molecule has 0 spiro atoms. The first-order valence-electron chi connectivity index (χ1n) is 6.69. The maximum absolute atomic E-state index is 5.97. The topological polar surface area (TPSA) is 18.5 Å². The Bertz CT molecular complexity index is 192. The van der Waals surface area contributed by atoms with Gasteiger partial charge in [-0.3, -0.25) is 0 Å². The molecule has 0 N–H and O–H groups in total. The van der Waals surface area contributed by atoms with E-state index in [0.29, 0.717) is 5.41 Å². The second-order valence-corrected chi connectivity index (χ2v) is 26.5. The number of hydrogen-bond donors (Lipinski definition) is 0. The van der Waals surface area contributed by atoms with E-state index in [2.05, 4.69) is 48.4 Å². The standard InChI is InChI=1S/C13H32Ge2O2/c1-13(2,9-11-16-14(3,4)5)10-12-17-15(6,7)8/h9-12H2,1-8H3. The summed E-state index contributed by atoms with van der Waals surface area (Å²) < 4.78 is 11.9. The second kappa shape index (κ2) is 6.97. The summed E-state index contributed by atoms with van der Waals surface area (Å²) >= 11 is -3.60. The van der Waals surface area contributed by atoms with Crippen LogP contribution >= 0.6 is 0 Å².